The van der Waals surface area contributed by atoms with Crippen molar-refractivity contribution in [1.82, 2.24) is 15.6 Å². The van der Waals surface area contributed by atoms with Gasteiger partial charge in [0.2, 0.25) is 5.91 Å². The van der Waals surface area contributed by atoms with Crippen molar-refractivity contribution in [1.29, 1.82) is 0 Å². The quantitative estimate of drug-likeness (QED) is 0.519. The molecule has 7 nitrogen and oxygen atoms in total. The van der Waals surface area contributed by atoms with Crippen molar-refractivity contribution in [2.24, 2.45) is 0 Å². The van der Waals surface area contributed by atoms with E-state index in [0.717, 1.165) is 16.5 Å². The number of fused-ring (bicyclic) bond motifs is 1. The number of carboxylic acid groups (broad SMARTS) is 1. The molecule has 0 unspecified atom stereocenters. The van der Waals surface area contributed by atoms with Crippen molar-refractivity contribution in [3.8, 4) is 0 Å². The van der Waals surface area contributed by atoms with Crippen LogP contribution in [-0.4, -0.2) is 35.4 Å². The molecule has 0 aliphatic heterocycles. The lowest BCUT2D eigenvalue weighted by atomic mass is 10.0. The van der Waals surface area contributed by atoms with E-state index in [1.165, 1.54) is 0 Å². The van der Waals surface area contributed by atoms with E-state index in [-0.39, 0.29) is 25.3 Å². The molecule has 0 radical (unpaired) electrons. The number of hydrogen-bond acceptors (Lipinski definition) is 4. The van der Waals surface area contributed by atoms with Gasteiger partial charge in [0.15, 0.2) is 0 Å². The van der Waals surface area contributed by atoms with Crippen LogP contribution in [0.5, 0.6) is 0 Å². The summed E-state index contributed by atoms with van der Waals surface area (Å²) in [6, 6.07) is 12.7. The Balaban J connectivity index is 1.52. The van der Waals surface area contributed by atoms with Gasteiger partial charge in [0.25, 0.3) is 5.91 Å². The molecule has 0 spiro atoms. The summed E-state index contributed by atoms with van der Waals surface area (Å²) in [5, 5.41) is 18.0. The largest absolute Gasteiger partial charge is 0.548 e. The van der Waals surface area contributed by atoms with Crippen LogP contribution in [0.4, 0.5) is 0 Å². The van der Waals surface area contributed by atoms with Gasteiger partial charge in [0.1, 0.15) is 0 Å². The summed E-state index contributed by atoms with van der Waals surface area (Å²) in [5.41, 5.74) is 2.07. The normalized spacial score (nSPS) is 11.8. The molecule has 0 saturated heterocycles. The molecule has 2 amide bonds. The maximum Gasteiger partial charge on any atom is 0.251 e. The second-order valence-corrected chi connectivity index (χ2v) is 6.95. The van der Waals surface area contributed by atoms with E-state index < -0.39 is 17.9 Å². The van der Waals surface area contributed by atoms with Gasteiger partial charge in [-0.05, 0) is 35.9 Å². The Labute approximate surface area is 172 Å². The molecule has 8 heteroatoms. The lowest BCUT2D eigenvalue weighted by molar-refractivity contribution is -0.308. The summed E-state index contributed by atoms with van der Waals surface area (Å²) >= 11 is 5.78. The van der Waals surface area contributed by atoms with Crippen molar-refractivity contribution < 1.29 is 19.5 Å². The second kappa shape index (κ2) is 9.25. The number of nitrogens with one attached hydrogen (secondary N) is 3. The molecule has 0 bridgehead atoms. The molecular formula is C21H19ClN3O4-. The minimum Gasteiger partial charge on any atom is -0.548 e. The molecule has 0 fully saturated rings. The molecule has 1 atom stereocenters. The van der Waals surface area contributed by atoms with Crippen LogP contribution in [0.25, 0.3) is 10.9 Å². The minimum absolute atomic E-state index is 0.0585. The lowest BCUT2D eigenvalue weighted by Gasteiger charge is -2.19. The average molecular weight is 413 g/mol. The summed E-state index contributed by atoms with van der Waals surface area (Å²) < 4.78 is 0. The standard InChI is InChI=1S/C21H20ClN3O4/c22-15-7-5-13(6-8-15)20(27)23-10-9-19(26)25-18(21(28)29)11-14-12-24-17-4-2-1-3-16(14)17/h1-8,12,18,24H,9-11H2,(H,23,27)(H,25,26)(H,28,29)/p-1/t18-/m1/s1. The molecule has 3 aromatic rings. The van der Waals surface area contributed by atoms with E-state index in [1.54, 1.807) is 30.5 Å². The molecule has 150 valence electrons. The van der Waals surface area contributed by atoms with Gasteiger partial charge >= 0.3 is 0 Å². The Morgan fingerprint density at radius 2 is 1.79 bits per heavy atom. The summed E-state index contributed by atoms with van der Waals surface area (Å²) in [4.78, 5) is 38.7. The summed E-state index contributed by atoms with van der Waals surface area (Å²) in [6.07, 6.45) is 1.76. The zero-order valence-electron chi connectivity index (χ0n) is 15.4. The van der Waals surface area contributed by atoms with Crippen molar-refractivity contribution in [2.75, 3.05) is 6.54 Å². The number of rotatable bonds is 8. The van der Waals surface area contributed by atoms with Crippen LogP contribution in [0.1, 0.15) is 22.3 Å². The smallest absolute Gasteiger partial charge is 0.251 e. The van der Waals surface area contributed by atoms with Crippen LogP contribution in [0.2, 0.25) is 5.02 Å². The Morgan fingerprint density at radius 3 is 2.52 bits per heavy atom. The summed E-state index contributed by atoms with van der Waals surface area (Å²) in [7, 11) is 0. The highest BCUT2D eigenvalue weighted by Gasteiger charge is 2.16. The molecule has 3 N–H and O–H groups in total. The number of para-hydroxylation sites is 1. The first-order valence-corrected chi connectivity index (χ1v) is 9.41. The number of aliphatic carboxylic acids is 1. The van der Waals surface area contributed by atoms with Crippen LogP contribution >= 0.6 is 11.6 Å². The van der Waals surface area contributed by atoms with E-state index in [0.29, 0.717) is 10.6 Å². The molecule has 2 aromatic carbocycles. The van der Waals surface area contributed by atoms with Gasteiger partial charge in [-0.25, -0.2) is 0 Å². The zero-order chi connectivity index (χ0) is 20.8. The number of carbonyl (C=O) groups is 3. The third-order valence-electron chi connectivity index (χ3n) is 4.46. The first-order chi connectivity index (χ1) is 13.9. The number of aromatic nitrogens is 1. The van der Waals surface area contributed by atoms with Crippen molar-refractivity contribution >= 4 is 40.3 Å². The van der Waals surface area contributed by atoms with E-state index in [9.17, 15) is 19.5 Å². The fourth-order valence-electron chi connectivity index (χ4n) is 2.97. The number of amides is 2. The number of halogens is 1. The fourth-order valence-corrected chi connectivity index (χ4v) is 3.10. The Kier molecular flexibility index (Phi) is 6.51. The zero-order valence-corrected chi connectivity index (χ0v) is 16.2. The SMILES string of the molecule is O=C(CCNC(=O)c1ccc(Cl)cc1)N[C@H](Cc1c[nH]c2ccccc12)C(=O)[O-]. The Bertz CT molecular complexity index is 1030. The minimum atomic E-state index is -1.37. The number of H-pyrrole nitrogens is 1. The molecule has 29 heavy (non-hydrogen) atoms. The third kappa shape index (κ3) is 5.36. The molecule has 3 rings (SSSR count). The highest BCUT2D eigenvalue weighted by atomic mass is 35.5. The summed E-state index contributed by atoms with van der Waals surface area (Å²) in [5.74, 6) is -2.20. The van der Waals surface area contributed by atoms with Gasteiger partial charge in [-0.1, -0.05) is 29.8 Å². The molecule has 0 saturated carbocycles. The van der Waals surface area contributed by atoms with E-state index in [4.69, 9.17) is 11.6 Å². The highest BCUT2D eigenvalue weighted by Crippen LogP contribution is 2.19. The maximum atomic E-state index is 12.1. The lowest BCUT2D eigenvalue weighted by Crippen LogP contribution is -2.49. The molecular weight excluding hydrogens is 394 g/mol. The van der Waals surface area contributed by atoms with Gasteiger partial charge in [-0.2, -0.15) is 0 Å². The second-order valence-electron chi connectivity index (χ2n) is 6.52. The third-order valence-corrected chi connectivity index (χ3v) is 4.71. The molecule has 1 aromatic heterocycles. The maximum absolute atomic E-state index is 12.1. The Morgan fingerprint density at radius 1 is 1.07 bits per heavy atom. The highest BCUT2D eigenvalue weighted by molar-refractivity contribution is 6.30. The first kappa shape index (κ1) is 20.4. The van der Waals surface area contributed by atoms with Crippen LogP contribution in [0, 0.1) is 0 Å². The van der Waals surface area contributed by atoms with Crippen LogP contribution in [0.15, 0.2) is 54.7 Å². The van der Waals surface area contributed by atoms with Crippen LogP contribution in [-0.2, 0) is 16.0 Å². The number of aromatic amines is 1. The van der Waals surface area contributed by atoms with E-state index in [1.807, 2.05) is 24.3 Å². The average Bonchev–Trinajstić information content (AvgIpc) is 3.11. The topological polar surface area (TPSA) is 114 Å². The van der Waals surface area contributed by atoms with Gasteiger partial charge in [-0.15, -0.1) is 0 Å². The Hall–Kier alpha value is -3.32. The predicted molar refractivity (Wildman–Crippen MR) is 107 cm³/mol. The van der Waals surface area contributed by atoms with Gasteiger partial charge in [0.05, 0.1) is 12.0 Å². The van der Waals surface area contributed by atoms with Crippen LogP contribution in [0.3, 0.4) is 0 Å². The molecule has 0 aliphatic carbocycles. The number of carbonyl (C=O) groups excluding carboxylic acids is 3. The van der Waals surface area contributed by atoms with Gasteiger partial charge in [-0.3, -0.25) is 9.59 Å². The van der Waals surface area contributed by atoms with Gasteiger partial charge < -0.3 is 25.5 Å². The monoisotopic (exact) mass is 412 g/mol. The fraction of sp³-hybridized carbons (Fsp3) is 0.190. The van der Waals surface area contributed by atoms with E-state index >= 15 is 0 Å². The predicted octanol–water partition coefficient (Wildman–Crippen LogP) is 1.42. The van der Waals surface area contributed by atoms with E-state index in [2.05, 4.69) is 15.6 Å². The van der Waals surface area contributed by atoms with Crippen molar-refractivity contribution in [3.63, 3.8) is 0 Å². The van der Waals surface area contributed by atoms with Crippen molar-refractivity contribution in [3.05, 3.63) is 70.9 Å². The number of benzene rings is 2. The number of carboxylic acids is 1. The summed E-state index contributed by atoms with van der Waals surface area (Å²) in [6.45, 7) is 0.0696. The van der Waals surface area contributed by atoms with Crippen LogP contribution < -0.4 is 15.7 Å². The molecule has 0 aliphatic rings. The van der Waals surface area contributed by atoms with Gasteiger partial charge in [0, 0.05) is 47.1 Å². The number of hydrogen-bond donors (Lipinski definition) is 3. The van der Waals surface area contributed by atoms with Crippen molar-refractivity contribution in [2.45, 2.75) is 18.9 Å². The molecule has 1 heterocycles. The first-order valence-electron chi connectivity index (χ1n) is 9.03.